The molecule has 0 atom stereocenters. The van der Waals surface area contributed by atoms with Crippen molar-refractivity contribution in [3.8, 4) is 0 Å². The van der Waals surface area contributed by atoms with E-state index in [1.54, 1.807) is 12.1 Å². The first kappa shape index (κ1) is 13.7. The van der Waals surface area contributed by atoms with Crippen LogP contribution in [0.4, 0.5) is 11.6 Å². The van der Waals surface area contributed by atoms with E-state index in [2.05, 4.69) is 14.7 Å². The van der Waals surface area contributed by atoms with Crippen LogP contribution in [-0.2, 0) is 10.0 Å². The molecule has 8 heteroatoms. The third-order valence-corrected chi connectivity index (χ3v) is 4.69. The predicted molar refractivity (Wildman–Crippen MR) is 82.8 cm³/mol. The Morgan fingerprint density at radius 3 is 2.67 bits per heavy atom. The minimum Gasteiger partial charge on any atom is -0.399 e. The van der Waals surface area contributed by atoms with Crippen LogP contribution in [0, 0.1) is 0 Å². The number of imidazole rings is 1. The number of fused-ring (bicyclic) bond motifs is 1. The van der Waals surface area contributed by atoms with Crippen LogP contribution in [0.5, 0.6) is 0 Å². The van der Waals surface area contributed by atoms with Gasteiger partial charge in [0.05, 0.1) is 16.1 Å². The first-order valence-electron chi connectivity index (χ1n) is 5.98. The van der Waals surface area contributed by atoms with Gasteiger partial charge in [-0.2, -0.15) is 0 Å². The highest BCUT2D eigenvalue weighted by Gasteiger charge is 2.19. The summed E-state index contributed by atoms with van der Waals surface area (Å²) in [5.74, 6) is 0.129. The molecular formula is C13H11ClN4O2S. The van der Waals surface area contributed by atoms with Gasteiger partial charge in [-0.25, -0.2) is 18.1 Å². The summed E-state index contributed by atoms with van der Waals surface area (Å²) in [6.07, 6.45) is 0. The highest BCUT2D eigenvalue weighted by atomic mass is 35.5. The van der Waals surface area contributed by atoms with Crippen LogP contribution in [0.25, 0.3) is 11.0 Å². The van der Waals surface area contributed by atoms with Crippen LogP contribution in [0.1, 0.15) is 0 Å². The lowest BCUT2D eigenvalue weighted by atomic mass is 10.3. The lowest BCUT2D eigenvalue weighted by Crippen LogP contribution is -2.14. The van der Waals surface area contributed by atoms with E-state index in [1.807, 2.05) is 12.1 Å². The maximum Gasteiger partial charge on any atom is 0.265 e. The summed E-state index contributed by atoms with van der Waals surface area (Å²) < 4.78 is 27.0. The Hall–Kier alpha value is -2.25. The molecule has 2 aromatic carbocycles. The number of hydrogen-bond acceptors (Lipinski definition) is 4. The standard InChI is InChI=1S/C13H11ClN4O2S/c14-9-7-8(15)5-6-12(9)21(19,20)18-13-16-10-3-1-2-4-11(10)17-13/h1-7H,15H2,(H2,16,17,18). The third-order valence-electron chi connectivity index (χ3n) is 2.87. The van der Waals surface area contributed by atoms with E-state index in [-0.39, 0.29) is 15.9 Å². The smallest absolute Gasteiger partial charge is 0.265 e. The van der Waals surface area contributed by atoms with E-state index in [4.69, 9.17) is 17.3 Å². The molecule has 21 heavy (non-hydrogen) atoms. The monoisotopic (exact) mass is 322 g/mol. The van der Waals surface area contributed by atoms with Gasteiger partial charge in [-0.3, -0.25) is 0 Å². The molecule has 4 N–H and O–H groups in total. The zero-order chi connectivity index (χ0) is 15.0. The average molecular weight is 323 g/mol. The summed E-state index contributed by atoms with van der Waals surface area (Å²) in [5, 5.41) is 0.0543. The fraction of sp³-hybridized carbons (Fsp3) is 0. The number of rotatable bonds is 3. The SMILES string of the molecule is Nc1ccc(S(=O)(=O)Nc2nc3ccccc3[nH]2)c(Cl)c1. The number of benzene rings is 2. The van der Waals surface area contributed by atoms with E-state index >= 15 is 0 Å². The Morgan fingerprint density at radius 2 is 1.95 bits per heavy atom. The molecule has 3 aromatic rings. The molecule has 0 aliphatic heterocycles. The lowest BCUT2D eigenvalue weighted by molar-refractivity contribution is 0.601. The zero-order valence-electron chi connectivity index (χ0n) is 10.7. The first-order valence-corrected chi connectivity index (χ1v) is 7.84. The maximum atomic E-state index is 12.3. The molecule has 1 aromatic heterocycles. The number of anilines is 2. The Morgan fingerprint density at radius 1 is 1.19 bits per heavy atom. The number of sulfonamides is 1. The molecule has 0 spiro atoms. The molecule has 0 aliphatic carbocycles. The van der Waals surface area contributed by atoms with Crippen molar-refractivity contribution < 1.29 is 8.42 Å². The number of nitrogens with one attached hydrogen (secondary N) is 2. The van der Waals surface area contributed by atoms with Crippen LogP contribution in [0.2, 0.25) is 5.02 Å². The number of nitrogen functional groups attached to an aromatic ring is 1. The normalized spacial score (nSPS) is 11.7. The Labute approximate surface area is 126 Å². The number of halogens is 1. The first-order chi connectivity index (χ1) is 9.95. The Bertz CT molecular complexity index is 888. The van der Waals surface area contributed by atoms with Crippen LogP contribution in [0.15, 0.2) is 47.4 Å². The van der Waals surface area contributed by atoms with Crippen molar-refractivity contribution in [1.29, 1.82) is 0 Å². The fourth-order valence-corrected chi connectivity index (χ4v) is 3.44. The van der Waals surface area contributed by atoms with Gasteiger partial charge >= 0.3 is 0 Å². The van der Waals surface area contributed by atoms with Gasteiger partial charge in [-0.05, 0) is 30.3 Å². The van der Waals surface area contributed by atoms with Gasteiger partial charge in [-0.1, -0.05) is 23.7 Å². The van der Waals surface area contributed by atoms with Crippen molar-refractivity contribution in [3.63, 3.8) is 0 Å². The van der Waals surface area contributed by atoms with Crippen molar-refractivity contribution in [2.45, 2.75) is 4.90 Å². The summed E-state index contributed by atoms with van der Waals surface area (Å²) >= 11 is 5.93. The van der Waals surface area contributed by atoms with Crippen molar-refractivity contribution in [3.05, 3.63) is 47.5 Å². The van der Waals surface area contributed by atoms with Crippen LogP contribution in [0.3, 0.4) is 0 Å². The topological polar surface area (TPSA) is 101 Å². The number of hydrogen-bond donors (Lipinski definition) is 3. The quantitative estimate of drug-likeness (QED) is 0.645. The van der Waals surface area contributed by atoms with Crippen molar-refractivity contribution >= 4 is 44.3 Å². The van der Waals surface area contributed by atoms with E-state index in [1.165, 1.54) is 18.2 Å². The number of para-hydroxylation sites is 2. The van der Waals surface area contributed by atoms with Crippen LogP contribution in [-0.4, -0.2) is 18.4 Å². The summed E-state index contributed by atoms with van der Waals surface area (Å²) in [6.45, 7) is 0. The van der Waals surface area contributed by atoms with Gasteiger partial charge in [0, 0.05) is 5.69 Å². The van der Waals surface area contributed by atoms with Gasteiger partial charge < -0.3 is 10.7 Å². The maximum absolute atomic E-state index is 12.3. The number of nitrogens with zero attached hydrogens (tertiary/aromatic N) is 1. The molecule has 0 unspecified atom stereocenters. The second-order valence-electron chi connectivity index (χ2n) is 4.40. The van der Waals surface area contributed by atoms with Crippen molar-refractivity contribution in [2.75, 3.05) is 10.5 Å². The van der Waals surface area contributed by atoms with Gasteiger partial charge in [-0.15, -0.1) is 0 Å². The lowest BCUT2D eigenvalue weighted by Gasteiger charge is -2.07. The minimum atomic E-state index is -3.84. The van der Waals surface area contributed by atoms with Crippen LogP contribution < -0.4 is 10.5 Å². The summed E-state index contributed by atoms with van der Waals surface area (Å²) in [7, 11) is -3.84. The molecule has 0 bridgehead atoms. The third kappa shape index (κ3) is 2.65. The fourth-order valence-electron chi connectivity index (χ4n) is 1.92. The summed E-state index contributed by atoms with van der Waals surface area (Å²) in [6, 6.07) is 11.4. The van der Waals surface area contributed by atoms with E-state index in [0.29, 0.717) is 11.2 Å². The summed E-state index contributed by atoms with van der Waals surface area (Å²) in [4.78, 5) is 6.98. The molecule has 1 heterocycles. The molecule has 0 fully saturated rings. The molecule has 6 nitrogen and oxygen atoms in total. The van der Waals surface area contributed by atoms with Gasteiger partial charge in [0.25, 0.3) is 10.0 Å². The second kappa shape index (κ2) is 4.94. The van der Waals surface area contributed by atoms with Crippen molar-refractivity contribution in [1.82, 2.24) is 9.97 Å². The number of H-pyrrole nitrogens is 1. The highest BCUT2D eigenvalue weighted by molar-refractivity contribution is 7.92. The summed E-state index contributed by atoms with van der Waals surface area (Å²) in [5.41, 5.74) is 7.35. The molecule has 0 saturated heterocycles. The van der Waals surface area contributed by atoms with Gasteiger partial charge in [0.1, 0.15) is 4.90 Å². The zero-order valence-corrected chi connectivity index (χ0v) is 12.2. The molecule has 0 radical (unpaired) electrons. The average Bonchev–Trinajstić information content (AvgIpc) is 2.79. The Kier molecular flexibility index (Phi) is 3.23. The minimum absolute atomic E-state index is 0.0543. The van der Waals surface area contributed by atoms with Crippen molar-refractivity contribution in [2.24, 2.45) is 0 Å². The molecule has 108 valence electrons. The number of aromatic amines is 1. The predicted octanol–water partition coefficient (Wildman–Crippen LogP) is 2.60. The number of aromatic nitrogens is 2. The van der Waals surface area contributed by atoms with E-state index in [0.717, 1.165) is 5.52 Å². The second-order valence-corrected chi connectivity index (χ2v) is 6.46. The number of nitrogens with two attached hydrogens (primary N) is 1. The molecule has 0 saturated carbocycles. The van der Waals surface area contributed by atoms with E-state index < -0.39 is 10.0 Å². The molecule has 3 rings (SSSR count). The van der Waals surface area contributed by atoms with Gasteiger partial charge in [0.15, 0.2) is 0 Å². The van der Waals surface area contributed by atoms with E-state index in [9.17, 15) is 8.42 Å². The largest absolute Gasteiger partial charge is 0.399 e. The molecule has 0 amide bonds. The van der Waals surface area contributed by atoms with Crippen LogP contribution >= 0.6 is 11.6 Å². The van der Waals surface area contributed by atoms with Gasteiger partial charge in [0.2, 0.25) is 5.95 Å². The molecule has 0 aliphatic rings. The Balaban J connectivity index is 1.99. The highest BCUT2D eigenvalue weighted by Crippen LogP contribution is 2.25. The molecular weight excluding hydrogens is 312 g/mol.